The third-order valence-electron chi connectivity index (χ3n) is 3.48. The Morgan fingerprint density at radius 3 is 3.00 bits per heavy atom. The van der Waals surface area contributed by atoms with Gasteiger partial charge in [0, 0.05) is 18.3 Å². The van der Waals surface area contributed by atoms with Crippen LogP contribution in [0.3, 0.4) is 0 Å². The topological polar surface area (TPSA) is 47.3 Å². The highest BCUT2D eigenvalue weighted by molar-refractivity contribution is 5.36. The summed E-state index contributed by atoms with van der Waals surface area (Å²) in [5.41, 5.74) is 4.14. The molecular weight excluding hydrogens is 240 g/mol. The summed E-state index contributed by atoms with van der Waals surface area (Å²) in [6, 6.07) is 6.04. The number of hydrogen-bond acceptors (Lipinski definition) is 3. The molecule has 0 aliphatic carbocycles. The van der Waals surface area contributed by atoms with Crippen molar-refractivity contribution in [2.45, 2.75) is 39.2 Å². The number of benzene rings is 1. The predicted molar refractivity (Wildman–Crippen MR) is 71.5 cm³/mol. The molecule has 0 saturated heterocycles. The van der Waals surface area contributed by atoms with Crippen LogP contribution in [0.5, 0.6) is 0 Å². The summed E-state index contributed by atoms with van der Waals surface area (Å²) >= 11 is 0. The Hall–Kier alpha value is -1.65. The molecular formula is C15H18N2O2. The Morgan fingerprint density at radius 2 is 2.16 bits per heavy atom. The van der Waals surface area contributed by atoms with Crippen LogP contribution in [0, 0.1) is 0 Å². The maximum Gasteiger partial charge on any atom is 0.107 e. The first-order valence-corrected chi connectivity index (χ1v) is 6.68. The van der Waals surface area contributed by atoms with Crippen molar-refractivity contribution in [3.8, 4) is 0 Å². The molecule has 1 atom stereocenters. The fourth-order valence-corrected chi connectivity index (χ4v) is 2.43. The van der Waals surface area contributed by atoms with Gasteiger partial charge in [-0.3, -0.25) is 4.68 Å². The van der Waals surface area contributed by atoms with E-state index in [2.05, 4.69) is 12.0 Å². The Bertz CT molecular complexity index is 577. The van der Waals surface area contributed by atoms with Crippen molar-refractivity contribution < 1.29 is 9.84 Å². The van der Waals surface area contributed by atoms with Crippen molar-refractivity contribution in [3.63, 3.8) is 0 Å². The van der Waals surface area contributed by atoms with Gasteiger partial charge in [0.05, 0.1) is 19.4 Å². The number of fused-ring (bicyclic) bond motifs is 1. The zero-order chi connectivity index (χ0) is 13.2. The maximum atomic E-state index is 10.4. The molecule has 1 unspecified atom stereocenters. The normalized spacial score (nSPS) is 15.5. The lowest BCUT2D eigenvalue weighted by Crippen LogP contribution is -2.00. The predicted octanol–water partition coefficient (Wildman–Crippen LogP) is 2.41. The third-order valence-corrected chi connectivity index (χ3v) is 3.48. The molecule has 1 aliphatic rings. The smallest absolute Gasteiger partial charge is 0.107 e. The first kappa shape index (κ1) is 12.4. The Morgan fingerprint density at radius 1 is 1.32 bits per heavy atom. The van der Waals surface area contributed by atoms with E-state index in [0.29, 0.717) is 13.2 Å². The van der Waals surface area contributed by atoms with Gasteiger partial charge in [0.2, 0.25) is 0 Å². The van der Waals surface area contributed by atoms with Gasteiger partial charge >= 0.3 is 0 Å². The second kappa shape index (κ2) is 5.15. The molecule has 2 heterocycles. The molecule has 0 fully saturated rings. The molecule has 4 nitrogen and oxygen atoms in total. The molecule has 19 heavy (non-hydrogen) atoms. The van der Waals surface area contributed by atoms with Gasteiger partial charge in [-0.1, -0.05) is 25.1 Å². The molecule has 1 aromatic carbocycles. The highest BCUT2D eigenvalue weighted by atomic mass is 16.5. The highest BCUT2D eigenvalue weighted by Crippen LogP contribution is 2.27. The lowest BCUT2D eigenvalue weighted by molar-refractivity contribution is 0.134. The molecule has 1 aromatic heterocycles. The van der Waals surface area contributed by atoms with Crippen LogP contribution in [0.15, 0.2) is 30.6 Å². The fourth-order valence-electron chi connectivity index (χ4n) is 2.43. The number of nitrogens with zero attached hydrogens (tertiary/aromatic N) is 2. The van der Waals surface area contributed by atoms with E-state index in [9.17, 15) is 5.11 Å². The summed E-state index contributed by atoms with van der Waals surface area (Å²) < 4.78 is 7.26. The standard InChI is InChI=1S/C15H18N2O2/c1-2-5-17-8-14(7-16-17)15(18)11-3-4-12-9-19-10-13(12)6-11/h3-4,6-8,15,18H,2,5,9-10H2,1H3. The first-order chi connectivity index (χ1) is 9.28. The van der Waals surface area contributed by atoms with Crippen LogP contribution in [-0.2, 0) is 24.5 Å². The van der Waals surface area contributed by atoms with Crippen LogP contribution in [-0.4, -0.2) is 14.9 Å². The van der Waals surface area contributed by atoms with Crippen LogP contribution in [0.2, 0.25) is 0 Å². The summed E-state index contributed by atoms with van der Waals surface area (Å²) in [7, 11) is 0. The number of hydrogen-bond donors (Lipinski definition) is 1. The first-order valence-electron chi connectivity index (χ1n) is 6.68. The number of aliphatic hydroxyl groups excluding tert-OH is 1. The molecule has 100 valence electrons. The minimum Gasteiger partial charge on any atom is -0.384 e. The molecule has 0 amide bonds. The van der Waals surface area contributed by atoms with Gasteiger partial charge in [-0.25, -0.2) is 0 Å². The summed E-state index contributed by atoms with van der Waals surface area (Å²) in [6.07, 6.45) is 4.08. The lowest BCUT2D eigenvalue weighted by Gasteiger charge is -2.10. The number of rotatable bonds is 4. The number of aryl methyl sites for hydroxylation is 1. The van der Waals surface area contributed by atoms with E-state index in [4.69, 9.17) is 4.74 Å². The fraction of sp³-hybridized carbons (Fsp3) is 0.400. The van der Waals surface area contributed by atoms with Crippen LogP contribution in [0.1, 0.15) is 41.7 Å². The van der Waals surface area contributed by atoms with Gasteiger partial charge in [-0.15, -0.1) is 0 Å². The molecule has 0 saturated carbocycles. The number of aromatic nitrogens is 2. The second-order valence-electron chi connectivity index (χ2n) is 4.96. The van der Waals surface area contributed by atoms with Gasteiger partial charge in [0.1, 0.15) is 6.10 Å². The van der Waals surface area contributed by atoms with Gasteiger partial charge in [0.15, 0.2) is 0 Å². The van der Waals surface area contributed by atoms with Crippen LogP contribution in [0.25, 0.3) is 0 Å². The monoisotopic (exact) mass is 258 g/mol. The average molecular weight is 258 g/mol. The van der Waals surface area contributed by atoms with E-state index in [1.807, 2.05) is 29.1 Å². The van der Waals surface area contributed by atoms with Crippen molar-refractivity contribution in [3.05, 3.63) is 52.8 Å². The number of aliphatic hydroxyl groups is 1. The zero-order valence-electron chi connectivity index (χ0n) is 11.0. The summed E-state index contributed by atoms with van der Waals surface area (Å²) in [4.78, 5) is 0. The quantitative estimate of drug-likeness (QED) is 0.916. The maximum absolute atomic E-state index is 10.4. The molecule has 2 aromatic rings. The van der Waals surface area contributed by atoms with Crippen LogP contribution < -0.4 is 0 Å². The van der Waals surface area contributed by atoms with E-state index in [1.54, 1.807) is 6.20 Å². The summed E-state index contributed by atoms with van der Waals surface area (Å²) in [6.45, 7) is 4.31. The molecule has 1 aliphatic heterocycles. The lowest BCUT2D eigenvalue weighted by atomic mass is 10.00. The van der Waals surface area contributed by atoms with E-state index in [1.165, 1.54) is 11.1 Å². The second-order valence-corrected chi connectivity index (χ2v) is 4.96. The average Bonchev–Trinajstić information content (AvgIpc) is 3.05. The minimum atomic E-state index is -0.614. The van der Waals surface area contributed by atoms with Gasteiger partial charge in [-0.05, 0) is 23.1 Å². The highest BCUT2D eigenvalue weighted by Gasteiger charge is 2.17. The molecule has 4 heteroatoms. The Kier molecular flexibility index (Phi) is 3.36. The Balaban J connectivity index is 1.84. The van der Waals surface area contributed by atoms with Crippen molar-refractivity contribution in [2.24, 2.45) is 0 Å². The largest absolute Gasteiger partial charge is 0.384 e. The van der Waals surface area contributed by atoms with Crippen molar-refractivity contribution in [1.29, 1.82) is 0 Å². The molecule has 0 spiro atoms. The number of ether oxygens (including phenoxy) is 1. The minimum absolute atomic E-state index is 0.614. The summed E-state index contributed by atoms with van der Waals surface area (Å²) in [5, 5.41) is 14.7. The van der Waals surface area contributed by atoms with Crippen LogP contribution >= 0.6 is 0 Å². The van der Waals surface area contributed by atoms with Crippen molar-refractivity contribution >= 4 is 0 Å². The summed E-state index contributed by atoms with van der Waals surface area (Å²) in [5.74, 6) is 0. The molecule has 1 N–H and O–H groups in total. The van der Waals surface area contributed by atoms with E-state index in [-0.39, 0.29) is 0 Å². The van der Waals surface area contributed by atoms with Crippen molar-refractivity contribution in [1.82, 2.24) is 9.78 Å². The van der Waals surface area contributed by atoms with E-state index < -0.39 is 6.10 Å². The van der Waals surface area contributed by atoms with E-state index >= 15 is 0 Å². The SMILES string of the molecule is CCCn1cc(C(O)c2ccc3c(c2)COC3)cn1. The molecule has 3 rings (SSSR count). The zero-order valence-corrected chi connectivity index (χ0v) is 11.0. The Labute approximate surface area is 112 Å². The van der Waals surface area contributed by atoms with Gasteiger partial charge < -0.3 is 9.84 Å². The molecule has 0 radical (unpaired) electrons. The van der Waals surface area contributed by atoms with Crippen LogP contribution in [0.4, 0.5) is 0 Å². The van der Waals surface area contributed by atoms with Gasteiger partial charge in [0.25, 0.3) is 0 Å². The van der Waals surface area contributed by atoms with Gasteiger partial charge in [-0.2, -0.15) is 5.10 Å². The molecule has 0 bridgehead atoms. The van der Waals surface area contributed by atoms with Crippen molar-refractivity contribution in [2.75, 3.05) is 0 Å². The van der Waals surface area contributed by atoms with E-state index in [0.717, 1.165) is 24.1 Å². The third kappa shape index (κ3) is 2.41.